The van der Waals surface area contributed by atoms with Crippen LogP contribution in [0.15, 0.2) is 0 Å². The molecule has 1 heterocycles. The van der Waals surface area contributed by atoms with Crippen molar-refractivity contribution in [2.45, 2.75) is 45.6 Å². The van der Waals surface area contributed by atoms with Gasteiger partial charge in [0.15, 0.2) is 0 Å². The van der Waals surface area contributed by atoms with Crippen LogP contribution in [0.1, 0.15) is 37.4 Å². The van der Waals surface area contributed by atoms with Gasteiger partial charge in [-0.05, 0) is 38.6 Å². The van der Waals surface area contributed by atoms with E-state index in [0.717, 1.165) is 29.7 Å². The smallest absolute Gasteiger partial charge is 0.130 e. The normalized spacial score (nSPS) is 24.5. The molecule has 17 heavy (non-hydrogen) atoms. The zero-order valence-corrected chi connectivity index (χ0v) is 11.7. The van der Waals surface area contributed by atoms with Gasteiger partial charge in [0.2, 0.25) is 0 Å². The summed E-state index contributed by atoms with van der Waals surface area (Å²) in [5.74, 6) is 0.718. The van der Waals surface area contributed by atoms with E-state index in [-0.39, 0.29) is 0 Å². The number of aryl methyl sites for hydroxylation is 2. The minimum absolute atomic E-state index is 0.663. The molecular weight excluding hydrogens is 234 g/mol. The second-order valence-electron chi connectivity index (χ2n) is 5.04. The summed E-state index contributed by atoms with van der Waals surface area (Å²) < 4.78 is 1.78. The molecule has 2 unspecified atom stereocenters. The van der Waals surface area contributed by atoms with Crippen LogP contribution in [0.5, 0.6) is 0 Å². The molecule has 2 atom stereocenters. The number of nitrogens with one attached hydrogen (secondary N) is 1. The van der Waals surface area contributed by atoms with Crippen LogP contribution in [-0.4, -0.2) is 22.4 Å². The van der Waals surface area contributed by atoms with Crippen molar-refractivity contribution in [1.29, 1.82) is 0 Å². The van der Waals surface area contributed by atoms with Crippen LogP contribution >= 0.6 is 11.6 Å². The van der Waals surface area contributed by atoms with Gasteiger partial charge in [0, 0.05) is 18.7 Å². The van der Waals surface area contributed by atoms with Crippen molar-refractivity contribution in [2.24, 2.45) is 13.0 Å². The Morgan fingerprint density at radius 3 is 2.82 bits per heavy atom. The van der Waals surface area contributed by atoms with E-state index in [0.29, 0.717) is 6.04 Å². The van der Waals surface area contributed by atoms with Gasteiger partial charge in [0.25, 0.3) is 0 Å². The van der Waals surface area contributed by atoms with Crippen molar-refractivity contribution < 1.29 is 0 Å². The number of halogens is 1. The molecule has 0 saturated heterocycles. The van der Waals surface area contributed by atoms with Gasteiger partial charge >= 0.3 is 0 Å². The Kier molecular flexibility index (Phi) is 4.10. The fourth-order valence-electron chi connectivity index (χ4n) is 2.98. The molecule has 1 N–H and O–H groups in total. The number of aromatic nitrogens is 2. The number of hydrogen-bond acceptors (Lipinski definition) is 2. The molecule has 1 aromatic rings. The molecular formula is C13H22ClN3. The van der Waals surface area contributed by atoms with E-state index >= 15 is 0 Å². The molecule has 0 amide bonds. The lowest BCUT2D eigenvalue weighted by Crippen LogP contribution is -2.33. The van der Waals surface area contributed by atoms with E-state index in [2.05, 4.69) is 24.3 Å². The topological polar surface area (TPSA) is 29.9 Å². The van der Waals surface area contributed by atoms with Crippen molar-refractivity contribution in [3.05, 3.63) is 16.4 Å². The Morgan fingerprint density at radius 2 is 2.24 bits per heavy atom. The van der Waals surface area contributed by atoms with Crippen molar-refractivity contribution in [3.8, 4) is 0 Å². The van der Waals surface area contributed by atoms with Crippen molar-refractivity contribution >= 4 is 11.6 Å². The molecule has 0 aliphatic heterocycles. The van der Waals surface area contributed by atoms with E-state index in [1.54, 1.807) is 4.68 Å². The molecule has 0 bridgehead atoms. The van der Waals surface area contributed by atoms with Crippen LogP contribution in [0.4, 0.5) is 0 Å². The summed E-state index contributed by atoms with van der Waals surface area (Å²) in [6.45, 7) is 5.29. The molecule has 2 rings (SSSR count). The van der Waals surface area contributed by atoms with Crippen LogP contribution in [0, 0.1) is 12.8 Å². The van der Waals surface area contributed by atoms with E-state index in [4.69, 9.17) is 11.6 Å². The summed E-state index contributed by atoms with van der Waals surface area (Å²) in [6, 6.07) is 0.663. The first-order valence-electron chi connectivity index (χ1n) is 6.54. The summed E-state index contributed by atoms with van der Waals surface area (Å²) in [7, 11) is 1.91. The highest BCUT2D eigenvalue weighted by Gasteiger charge is 2.28. The van der Waals surface area contributed by atoms with Gasteiger partial charge in [0.1, 0.15) is 5.15 Å². The van der Waals surface area contributed by atoms with Gasteiger partial charge < -0.3 is 5.32 Å². The highest BCUT2D eigenvalue weighted by molar-refractivity contribution is 6.30. The molecule has 1 fully saturated rings. The molecule has 96 valence electrons. The lowest BCUT2D eigenvalue weighted by Gasteiger charge is -2.20. The van der Waals surface area contributed by atoms with Gasteiger partial charge in [-0.1, -0.05) is 24.9 Å². The maximum Gasteiger partial charge on any atom is 0.130 e. The summed E-state index contributed by atoms with van der Waals surface area (Å²) in [5, 5.41) is 8.79. The Balaban J connectivity index is 2.09. The minimum atomic E-state index is 0.663. The minimum Gasteiger partial charge on any atom is -0.314 e. The van der Waals surface area contributed by atoms with Gasteiger partial charge in [0.05, 0.1) is 5.69 Å². The standard InChI is InChI=1S/C13H22ClN3/c1-4-15-12-7-5-6-10(12)8-11-9(2)16-17(3)13(11)14/h10,12,15H,4-8H2,1-3H3. The first-order chi connectivity index (χ1) is 8.13. The molecule has 0 radical (unpaired) electrons. The Bertz CT molecular complexity index is 386. The maximum atomic E-state index is 6.30. The molecule has 4 heteroatoms. The first-order valence-corrected chi connectivity index (χ1v) is 6.92. The van der Waals surface area contributed by atoms with Crippen molar-refractivity contribution in [2.75, 3.05) is 6.54 Å². The largest absolute Gasteiger partial charge is 0.314 e. The van der Waals surface area contributed by atoms with Crippen LogP contribution in [0.3, 0.4) is 0 Å². The predicted molar refractivity (Wildman–Crippen MR) is 71.5 cm³/mol. The summed E-state index contributed by atoms with van der Waals surface area (Å²) in [4.78, 5) is 0. The molecule has 1 aromatic heterocycles. The van der Waals surface area contributed by atoms with Crippen LogP contribution in [-0.2, 0) is 13.5 Å². The second-order valence-corrected chi connectivity index (χ2v) is 5.40. The van der Waals surface area contributed by atoms with E-state index in [1.807, 2.05) is 7.05 Å². The molecule has 1 aliphatic rings. The average molecular weight is 256 g/mol. The fraction of sp³-hybridized carbons (Fsp3) is 0.769. The number of nitrogens with zero attached hydrogens (tertiary/aromatic N) is 2. The summed E-state index contributed by atoms with van der Waals surface area (Å²) >= 11 is 6.30. The monoisotopic (exact) mass is 255 g/mol. The van der Waals surface area contributed by atoms with Gasteiger partial charge in [-0.3, -0.25) is 4.68 Å². The third kappa shape index (κ3) is 2.66. The molecule has 1 aliphatic carbocycles. The van der Waals surface area contributed by atoms with Gasteiger partial charge in [-0.15, -0.1) is 0 Å². The lowest BCUT2D eigenvalue weighted by molar-refractivity contribution is 0.406. The van der Waals surface area contributed by atoms with Gasteiger partial charge in [-0.2, -0.15) is 5.10 Å². The van der Waals surface area contributed by atoms with Crippen LogP contribution < -0.4 is 5.32 Å². The van der Waals surface area contributed by atoms with Crippen LogP contribution in [0.25, 0.3) is 0 Å². The zero-order chi connectivity index (χ0) is 12.4. The van der Waals surface area contributed by atoms with Crippen molar-refractivity contribution in [1.82, 2.24) is 15.1 Å². The van der Waals surface area contributed by atoms with E-state index in [9.17, 15) is 0 Å². The first kappa shape index (κ1) is 12.9. The Hall–Kier alpha value is -0.540. The van der Waals surface area contributed by atoms with Crippen LogP contribution in [0.2, 0.25) is 5.15 Å². The highest BCUT2D eigenvalue weighted by atomic mass is 35.5. The SMILES string of the molecule is CCNC1CCCC1Cc1c(C)nn(C)c1Cl. The van der Waals surface area contributed by atoms with Crippen molar-refractivity contribution in [3.63, 3.8) is 0 Å². The number of rotatable bonds is 4. The highest BCUT2D eigenvalue weighted by Crippen LogP contribution is 2.31. The Morgan fingerprint density at radius 1 is 1.47 bits per heavy atom. The Labute approximate surface area is 109 Å². The van der Waals surface area contributed by atoms with E-state index < -0.39 is 0 Å². The fourth-order valence-corrected chi connectivity index (χ4v) is 3.23. The lowest BCUT2D eigenvalue weighted by atomic mass is 9.95. The molecule has 0 aromatic carbocycles. The average Bonchev–Trinajstić information content (AvgIpc) is 2.81. The third-order valence-electron chi connectivity index (χ3n) is 3.86. The number of hydrogen-bond donors (Lipinski definition) is 1. The maximum absolute atomic E-state index is 6.30. The predicted octanol–water partition coefficient (Wildman–Crippen LogP) is 2.70. The second kappa shape index (κ2) is 5.40. The zero-order valence-electron chi connectivity index (χ0n) is 11.0. The molecule has 0 spiro atoms. The molecule has 3 nitrogen and oxygen atoms in total. The summed E-state index contributed by atoms with van der Waals surface area (Å²) in [5.41, 5.74) is 2.32. The molecule has 1 saturated carbocycles. The quantitative estimate of drug-likeness (QED) is 0.897. The van der Waals surface area contributed by atoms with E-state index in [1.165, 1.54) is 24.8 Å². The van der Waals surface area contributed by atoms with Gasteiger partial charge in [-0.25, -0.2) is 0 Å². The third-order valence-corrected chi connectivity index (χ3v) is 4.33. The summed E-state index contributed by atoms with van der Waals surface area (Å²) in [6.07, 6.45) is 5.01.